The van der Waals surface area contributed by atoms with E-state index in [9.17, 15) is 19.2 Å². The number of para-hydroxylation sites is 1. The number of anilines is 2. The Bertz CT molecular complexity index is 2430. The van der Waals surface area contributed by atoms with Crippen molar-refractivity contribution in [3.63, 3.8) is 0 Å². The highest BCUT2D eigenvalue weighted by Gasteiger charge is 2.47. The zero-order valence-electron chi connectivity index (χ0n) is 32.8. The fraction of sp³-hybridized carbons (Fsp3) is 0.378. The van der Waals surface area contributed by atoms with Crippen molar-refractivity contribution in [2.45, 2.75) is 56.5 Å². The number of hydrogen-bond donors (Lipinski definition) is 2. The van der Waals surface area contributed by atoms with Crippen LogP contribution in [0.4, 0.5) is 11.5 Å². The topological polar surface area (TPSA) is 159 Å². The Kier molecular flexibility index (Phi) is 9.60. The SMILES string of the molecule is Nc1ncnn2c(C3CCC(N4CCN(CC5CN(c6cccc7c6C(=O)N(C6CCC(=O)NC6=O)C7=O)C5)CC4)CC3)cc(-c3ccc(Oc4ccccc4)cc3)c12. The highest BCUT2D eigenvalue weighted by Crippen LogP contribution is 2.41. The van der Waals surface area contributed by atoms with Crippen LogP contribution in [0.15, 0.2) is 85.2 Å². The van der Waals surface area contributed by atoms with E-state index in [1.807, 2.05) is 53.0 Å². The fourth-order valence-corrected chi connectivity index (χ4v) is 9.99. The van der Waals surface area contributed by atoms with E-state index in [0.29, 0.717) is 34.8 Å². The van der Waals surface area contributed by atoms with Gasteiger partial charge in [0.2, 0.25) is 11.8 Å². The number of carbonyl (C=O) groups excluding carboxylic acids is 4. The van der Waals surface area contributed by atoms with E-state index < -0.39 is 23.8 Å². The molecule has 1 saturated carbocycles. The Hall–Kier alpha value is -6.12. The third-order valence-electron chi connectivity index (χ3n) is 13.1. The lowest BCUT2D eigenvalue weighted by molar-refractivity contribution is -0.136. The molecule has 14 nitrogen and oxygen atoms in total. The Morgan fingerprint density at radius 2 is 1.53 bits per heavy atom. The highest BCUT2D eigenvalue weighted by atomic mass is 16.5. The molecule has 1 atom stereocenters. The van der Waals surface area contributed by atoms with Crippen molar-refractivity contribution in [2.75, 3.05) is 56.4 Å². The Labute approximate surface area is 341 Å². The number of carbonyl (C=O) groups is 4. The molecule has 14 heteroatoms. The van der Waals surface area contributed by atoms with Gasteiger partial charge in [0, 0.05) is 81.4 Å². The molecule has 4 amide bonds. The summed E-state index contributed by atoms with van der Waals surface area (Å²) in [5.41, 5.74) is 12.0. The molecular formula is C45H47N9O5. The zero-order chi connectivity index (χ0) is 40.2. The number of nitrogens with one attached hydrogen (secondary N) is 1. The van der Waals surface area contributed by atoms with Gasteiger partial charge in [0.25, 0.3) is 11.8 Å². The summed E-state index contributed by atoms with van der Waals surface area (Å²) >= 11 is 0. The van der Waals surface area contributed by atoms with E-state index in [1.54, 1.807) is 18.5 Å². The average Bonchev–Trinajstić information content (AvgIpc) is 3.76. The van der Waals surface area contributed by atoms with Crippen LogP contribution in [0.2, 0.25) is 0 Å². The minimum absolute atomic E-state index is 0.101. The van der Waals surface area contributed by atoms with E-state index in [-0.39, 0.29) is 18.7 Å². The van der Waals surface area contributed by atoms with Crippen LogP contribution >= 0.6 is 0 Å². The van der Waals surface area contributed by atoms with Crippen LogP contribution in [0, 0.1) is 5.92 Å². The first-order valence-electron chi connectivity index (χ1n) is 20.8. The second-order valence-electron chi connectivity index (χ2n) is 16.6. The third-order valence-corrected chi connectivity index (χ3v) is 13.1. The van der Waals surface area contributed by atoms with Crippen LogP contribution in [-0.4, -0.2) is 111 Å². The van der Waals surface area contributed by atoms with E-state index in [2.05, 4.69) is 48.3 Å². The number of nitrogen functional groups attached to an aromatic ring is 1. The van der Waals surface area contributed by atoms with Gasteiger partial charge in [0.05, 0.1) is 16.8 Å². The van der Waals surface area contributed by atoms with Gasteiger partial charge < -0.3 is 20.3 Å². The summed E-state index contributed by atoms with van der Waals surface area (Å²) in [7, 11) is 0. The molecule has 0 spiro atoms. The van der Waals surface area contributed by atoms with Gasteiger partial charge in [0.15, 0.2) is 5.82 Å². The van der Waals surface area contributed by atoms with Gasteiger partial charge in [-0.25, -0.2) is 9.50 Å². The molecule has 4 aliphatic heterocycles. The number of nitrogens with zero attached hydrogens (tertiary/aromatic N) is 7. The molecule has 0 bridgehead atoms. The van der Waals surface area contributed by atoms with Gasteiger partial charge in [-0.15, -0.1) is 0 Å². The standard InChI is InChI=1S/C45H47N9O5/c46-42-41-35(29-11-15-33(16-12-29)59-32-5-2-1-3-6-32)23-38(54(41)48-27-47-42)30-9-13-31(14-10-30)51-21-19-50(20-22-51)24-28-25-52(26-28)36-8-4-7-34-40(36)45(58)53(44(34)57)37-17-18-39(55)49-43(37)56/h1-8,11-12,15-16,23,27-28,30-31,37H,9-10,13-14,17-22,24-26H2,(H2,46,47,48)(H,49,55,56). The highest BCUT2D eigenvalue weighted by molar-refractivity contribution is 6.25. The van der Waals surface area contributed by atoms with E-state index in [1.165, 1.54) is 5.69 Å². The molecule has 10 rings (SSSR count). The molecule has 59 heavy (non-hydrogen) atoms. The molecule has 5 aliphatic rings. The number of benzene rings is 3. The first-order chi connectivity index (χ1) is 28.8. The Balaban J connectivity index is 0.724. The number of imide groups is 2. The molecule has 0 radical (unpaired) electrons. The summed E-state index contributed by atoms with van der Waals surface area (Å²) in [5.74, 6) is 0.990. The summed E-state index contributed by atoms with van der Waals surface area (Å²) in [6, 6.07) is 25.1. The number of nitrogens with two attached hydrogens (primary N) is 1. The van der Waals surface area contributed by atoms with Crippen molar-refractivity contribution in [1.29, 1.82) is 0 Å². The summed E-state index contributed by atoms with van der Waals surface area (Å²) in [5, 5.41) is 6.96. The molecule has 302 valence electrons. The van der Waals surface area contributed by atoms with Gasteiger partial charge in [-0.05, 0) is 80.1 Å². The molecule has 3 aromatic carbocycles. The molecule has 4 fully saturated rings. The summed E-state index contributed by atoms with van der Waals surface area (Å²) in [4.78, 5) is 64.0. The second kappa shape index (κ2) is 15.2. The van der Waals surface area contributed by atoms with Gasteiger partial charge >= 0.3 is 0 Å². The number of piperidine rings is 1. The molecule has 6 heterocycles. The van der Waals surface area contributed by atoms with Crippen LogP contribution in [0.1, 0.15) is 70.9 Å². The van der Waals surface area contributed by atoms with Gasteiger partial charge in [-0.1, -0.05) is 36.4 Å². The molecule has 1 aliphatic carbocycles. The number of amides is 4. The van der Waals surface area contributed by atoms with Crippen molar-refractivity contribution in [3.8, 4) is 22.6 Å². The first-order valence-corrected chi connectivity index (χ1v) is 20.8. The maximum absolute atomic E-state index is 13.6. The minimum Gasteiger partial charge on any atom is -0.457 e. The lowest BCUT2D eigenvalue weighted by atomic mass is 9.83. The second-order valence-corrected chi connectivity index (χ2v) is 16.6. The molecule has 3 N–H and O–H groups in total. The van der Waals surface area contributed by atoms with Crippen LogP contribution in [0.3, 0.4) is 0 Å². The molecule has 5 aromatic rings. The summed E-state index contributed by atoms with van der Waals surface area (Å²) in [6.45, 7) is 6.78. The summed E-state index contributed by atoms with van der Waals surface area (Å²) in [6.07, 6.45) is 6.25. The Morgan fingerprint density at radius 3 is 2.27 bits per heavy atom. The number of fused-ring (bicyclic) bond motifs is 2. The Morgan fingerprint density at radius 1 is 0.780 bits per heavy atom. The van der Waals surface area contributed by atoms with Crippen molar-refractivity contribution in [2.24, 2.45) is 5.92 Å². The normalized spacial score (nSPS) is 23.1. The third kappa shape index (κ3) is 6.89. The van der Waals surface area contributed by atoms with Gasteiger partial charge in [0.1, 0.15) is 29.4 Å². The van der Waals surface area contributed by atoms with Crippen molar-refractivity contribution < 1.29 is 23.9 Å². The lowest BCUT2D eigenvalue weighted by Gasteiger charge is -2.46. The van der Waals surface area contributed by atoms with Crippen LogP contribution < -0.4 is 20.7 Å². The smallest absolute Gasteiger partial charge is 0.264 e. The molecule has 1 unspecified atom stereocenters. The van der Waals surface area contributed by atoms with E-state index in [4.69, 9.17) is 10.5 Å². The van der Waals surface area contributed by atoms with Crippen LogP contribution in [0.5, 0.6) is 11.5 Å². The quantitative estimate of drug-likeness (QED) is 0.195. The minimum atomic E-state index is -0.967. The van der Waals surface area contributed by atoms with Crippen molar-refractivity contribution in [3.05, 3.63) is 102 Å². The van der Waals surface area contributed by atoms with E-state index in [0.717, 1.165) is 110 Å². The average molecular weight is 794 g/mol. The largest absolute Gasteiger partial charge is 0.457 e. The van der Waals surface area contributed by atoms with Crippen LogP contribution in [-0.2, 0) is 9.59 Å². The number of aromatic nitrogens is 3. The predicted octanol–water partition coefficient (Wildman–Crippen LogP) is 4.95. The fourth-order valence-electron chi connectivity index (χ4n) is 9.99. The molecule has 3 saturated heterocycles. The predicted molar refractivity (Wildman–Crippen MR) is 221 cm³/mol. The lowest BCUT2D eigenvalue weighted by Crippen LogP contribution is -2.56. The summed E-state index contributed by atoms with van der Waals surface area (Å²) < 4.78 is 8.04. The maximum atomic E-state index is 13.6. The first kappa shape index (κ1) is 37.2. The molecule has 2 aromatic heterocycles. The van der Waals surface area contributed by atoms with Crippen molar-refractivity contribution in [1.82, 2.24) is 34.6 Å². The number of rotatable bonds is 9. The van der Waals surface area contributed by atoms with Gasteiger partial charge in [-0.3, -0.25) is 34.3 Å². The van der Waals surface area contributed by atoms with Crippen molar-refractivity contribution >= 4 is 40.7 Å². The zero-order valence-corrected chi connectivity index (χ0v) is 32.8. The van der Waals surface area contributed by atoms with Crippen LogP contribution in [0.25, 0.3) is 16.6 Å². The monoisotopic (exact) mass is 793 g/mol. The van der Waals surface area contributed by atoms with E-state index >= 15 is 0 Å². The number of ether oxygens (including phenoxy) is 1. The number of piperazine rings is 1. The maximum Gasteiger partial charge on any atom is 0.264 e. The number of hydrogen-bond acceptors (Lipinski definition) is 11. The van der Waals surface area contributed by atoms with Gasteiger partial charge in [-0.2, -0.15) is 5.10 Å². The molecular weight excluding hydrogens is 747 g/mol.